The summed E-state index contributed by atoms with van der Waals surface area (Å²) in [5, 5.41) is 0. The van der Waals surface area contributed by atoms with Crippen molar-refractivity contribution in [3.63, 3.8) is 0 Å². The standard InChI is InChI=1S/C15H13FN2O/c16-14-9-12(2-1-5-17)8-13(10-14)11-18-6-3-15(19)4-7-18/h3-4,6-10H,5,11,17H2. The molecule has 0 bridgehead atoms. The van der Waals surface area contributed by atoms with Crippen molar-refractivity contribution in [1.82, 2.24) is 4.57 Å². The number of pyridine rings is 1. The first-order chi connectivity index (χ1) is 9.17. The molecule has 2 rings (SSSR count). The molecule has 0 saturated heterocycles. The SMILES string of the molecule is NCC#Cc1cc(F)cc(Cn2ccc(=O)cc2)c1. The highest BCUT2D eigenvalue weighted by atomic mass is 19.1. The first-order valence-corrected chi connectivity index (χ1v) is 5.82. The molecular formula is C15H13FN2O. The Morgan fingerprint density at radius 1 is 1.21 bits per heavy atom. The quantitative estimate of drug-likeness (QED) is 0.824. The lowest BCUT2D eigenvalue weighted by atomic mass is 10.1. The summed E-state index contributed by atoms with van der Waals surface area (Å²) in [6, 6.07) is 7.57. The second-order valence-corrected chi connectivity index (χ2v) is 4.06. The number of nitrogens with zero attached hydrogens (tertiary/aromatic N) is 1. The van der Waals surface area contributed by atoms with Crippen molar-refractivity contribution in [2.24, 2.45) is 5.73 Å². The molecule has 0 aliphatic carbocycles. The second-order valence-electron chi connectivity index (χ2n) is 4.06. The van der Waals surface area contributed by atoms with Gasteiger partial charge in [0.25, 0.3) is 0 Å². The van der Waals surface area contributed by atoms with E-state index in [-0.39, 0.29) is 17.8 Å². The number of rotatable bonds is 2. The zero-order valence-corrected chi connectivity index (χ0v) is 10.3. The van der Waals surface area contributed by atoms with Crippen LogP contribution in [0.1, 0.15) is 11.1 Å². The van der Waals surface area contributed by atoms with E-state index in [0.717, 1.165) is 5.56 Å². The lowest BCUT2D eigenvalue weighted by molar-refractivity contribution is 0.623. The van der Waals surface area contributed by atoms with Gasteiger partial charge in [-0.15, -0.1) is 0 Å². The van der Waals surface area contributed by atoms with Crippen LogP contribution in [0.2, 0.25) is 0 Å². The average molecular weight is 256 g/mol. The van der Waals surface area contributed by atoms with Crippen molar-refractivity contribution in [1.29, 1.82) is 0 Å². The number of hydrogen-bond donors (Lipinski definition) is 1. The van der Waals surface area contributed by atoms with Gasteiger partial charge >= 0.3 is 0 Å². The van der Waals surface area contributed by atoms with Crippen molar-refractivity contribution in [2.45, 2.75) is 6.54 Å². The van der Waals surface area contributed by atoms with E-state index in [1.54, 1.807) is 17.0 Å². The number of aromatic nitrogens is 1. The molecule has 96 valence electrons. The van der Waals surface area contributed by atoms with E-state index in [4.69, 9.17) is 5.73 Å². The second kappa shape index (κ2) is 5.98. The summed E-state index contributed by atoms with van der Waals surface area (Å²) in [5.41, 5.74) is 6.62. The largest absolute Gasteiger partial charge is 0.350 e. The first kappa shape index (κ1) is 13.1. The van der Waals surface area contributed by atoms with Crippen molar-refractivity contribution >= 4 is 0 Å². The van der Waals surface area contributed by atoms with E-state index >= 15 is 0 Å². The first-order valence-electron chi connectivity index (χ1n) is 5.82. The summed E-state index contributed by atoms with van der Waals surface area (Å²) in [4.78, 5) is 11.0. The molecule has 1 aromatic carbocycles. The van der Waals surface area contributed by atoms with E-state index < -0.39 is 0 Å². The minimum absolute atomic E-state index is 0.0509. The number of hydrogen-bond acceptors (Lipinski definition) is 2. The average Bonchev–Trinajstić information content (AvgIpc) is 2.38. The van der Waals surface area contributed by atoms with E-state index in [1.165, 1.54) is 24.3 Å². The molecular weight excluding hydrogens is 243 g/mol. The summed E-state index contributed by atoms with van der Waals surface area (Å²) in [6.45, 7) is 0.723. The van der Waals surface area contributed by atoms with E-state index in [2.05, 4.69) is 11.8 Å². The highest BCUT2D eigenvalue weighted by Crippen LogP contribution is 2.10. The van der Waals surface area contributed by atoms with Crippen LogP contribution in [0.25, 0.3) is 0 Å². The van der Waals surface area contributed by atoms with Crippen LogP contribution in [0.4, 0.5) is 4.39 Å². The normalized spacial score (nSPS) is 9.79. The Kier molecular flexibility index (Phi) is 4.11. The highest BCUT2D eigenvalue weighted by Gasteiger charge is 2.00. The van der Waals surface area contributed by atoms with Gasteiger partial charge < -0.3 is 10.3 Å². The molecule has 0 fully saturated rings. The van der Waals surface area contributed by atoms with Crippen LogP contribution in [0, 0.1) is 17.7 Å². The number of halogens is 1. The summed E-state index contributed by atoms with van der Waals surface area (Å²) in [7, 11) is 0. The molecule has 0 aliphatic heterocycles. The molecule has 0 unspecified atom stereocenters. The van der Waals surface area contributed by atoms with Gasteiger partial charge in [0.2, 0.25) is 0 Å². The molecule has 2 aromatic rings. The minimum atomic E-state index is -0.333. The van der Waals surface area contributed by atoms with Crippen LogP contribution in [-0.2, 0) is 6.54 Å². The molecule has 2 N–H and O–H groups in total. The smallest absolute Gasteiger partial charge is 0.181 e. The topological polar surface area (TPSA) is 48.0 Å². The molecule has 4 heteroatoms. The van der Waals surface area contributed by atoms with Crippen molar-refractivity contribution in [2.75, 3.05) is 6.54 Å². The summed E-state index contributed by atoms with van der Waals surface area (Å²) < 4.78 is 15.3. The van der Waals surface area contributed by atoms with E-state index in [0.29, 0.717) is 12.1 Å². The molecule has 0 spiro atoms. The van der Waals surface area contributed by atoms with Crippen LogP contribution < -0.4 is 11.2 Å². The Hall–Kier alpha value is -2.38. The molecule has 0 atom stereocenters. The van der Waals surface area contributed by atoms with Crippen LogP contribution in [0.5, 0.6) is 0 Å². The Morgan fingerprint density at radius 3 is 2.63 bits per heavy atom. The van der Waals surface area contributed by atoms with Gasteiger partial charge in [0.05, 0.1) is 6.54 Å². The molecule has 0 amide bonds. The fourth-order valence-electron chi connectivity index (χ4n) is 1.73. The van der Waals surface area contributed by atoms with Gasteiger partial charge in [0.1, 0.15) is 5.82 Å². The van der Waals surface area contributed by atoms with Gasteiger partial charge in [-0.1, -0.05) is 11.8 Å². The third-order valence-electron chi connectivity index (χ3n) is 2.52. The molecule has 1 aromatic heterocycles. The molecule has 19 heavy (non-hydrogen) atoms. The number of nitrogens with two attached hydrogens (primary N) is 1. The molecule has 1 heterocycles. The van der Waals surface area contributed by atoms with Crippen LogP contribution in [0.3, 0.4) is 0 Å². The third-order valence-corrected chi connectivity index (χ3v) is 2.52. The number of benzene rings is 1. The van der Waals surface area contributed by atoms with E-state index in [1.807, 2.05) is 6.07 Å². The Bertz CT molecular complexity index is 675. The van der Waals surface area contributed by atoms with Gasteiger partial charge in [0.15, 0.2) is 5.43 Å². The van der Waals surface area contributed by atoms with Crippen LogP contribution in [0.15, 0.2) is 47.5 Å². The van der Waals surface area contributed by atoms with Gasteiger partial charge in [-0.3, -0.25) is 4.79 Å². The van der Waals surface area contributed by atoms with Gasteiger partial charge in [-0.25, -0.2) is 4.39 Å². The Morgan fingerprint density at radius 2 is 1.95 bits per heavy atom. The molecule has 3 nitrogen and oxygen atoms in total. The fourth-order valence-corrected chi connectivity index (χ4v) is 1.73. The summed E-state index contributed by atoms with van der Waals surface area (Å²) in [5.74, 6) is 5.17. The lowest BCUT2D eigenvalue weighted by Gasteiger charge is -2.06. The Labute approximate surface area is 110 Å². The van der Waals surface area contributed by atoms with Crippen LogP contribution >= 0.6 is 0 Å². The third kappa shape index (κ3) is 3.80. The predicted molar refractivity (Wildman–Crippen MR) is 72.1 cm³/mol. The molecule has 0 aliphatic rings. The van der Waals surface area contributed by atoms with Gasteiger partial charge in [-0.05, 0) is 23.8 Å². The van der Waals surface area contributed by atoms with Crippen molar-refractivity contribution < 1.29 is 4.39 Å². The van der Waals surface area contributed by atoms with Gasteiger partial charge in [0, 0.05) is 36.6 Å². The van der Waals surface area contributed by atoms with Crippen molar-refractivity contribution in [3.05, 3.63) is 69.9 Å². The maximum atomic E-state index is 13.5. The predicted octanol–water partition coefficient (Wildman–Crippen LogP) is 1.35. The van der Waals surface area contributed by atoms with Crippen LogP contribution in [-0.4, -0.2) is 11.1 Å². The molecule has 0 saturated carbocycles. The maximum absolute atomic E-state index is 13.5. The van der Waals surface area contributed by atoms with Crippen molar-refractivity contribution in [3.8, 4) is 11.8 Å². The van der Waals surface area contributed by atoms with Gasteiger partial charge in [-0.2, -0.15) is 0 Å². The maximum Gasteiger partial charge on any atom is 0.181 e. The Balaban J connectivity index is 2.27. The van der Waals surface area contributed by atoms with E-state index in [9.17, 15) is 9.18 Å². The monoisotopic (exact) mass is 256 g/mol. The summed E-state index contributed by atoms with van der Waals surface area (Å²) in [6.07, 6.45) is 3.33. The minimum Gasteiger partial charge on any atom is -0.350 e. The molecule has 0 radical (unpaired) electrons. The fraction of sp³-hybridized carbons (Fsp3) is 0.133. The zero-order valence-electron chi connectivity index (χ0n) is 10.3. The summed E-state index contributed by atoms with van der Waals surface area (Å²) >= 11 is 0. The zero-order chi connectivity index (χ0) is 13.7. The highest BCUT2D eigenvalue weighted by molar-refractivity contribution is 5.38. The lowest BCUT2D eigenvalue weighted by Crippen LogP contribution is -2.05.